The fourth-order valence-electron chi connectivity index (χ4n) is 1.70. The van der Waals surface area contributed by atoms with E-state index < -0.39 is 36.9 Å². The number of rotatable bonds is 6. The first-order valence-electron chi connectivity index (χ1n) is 5.60. The minimum absolute atomic E-state index is 0.0517. The molecule has 1 aromatic rings. The molecule has 3 nitrogen and oxygen atoms in total. The first-order valence-corrected chi connectivity index (χ1v) is 5.60. The van der Waals surface area contributed by atoms with Crippen molar-refractivity contribution in [2.75, 3.05) is 24.6 Å². The molecule has 0 fully saturated rings. The monoisotopic (exact) mass is 297 g/mol. The zero-order valence-electron chi connectivity index (χ0n) is 10.2. The number of hydrogen-bond donors (Lipinski definition) is 1. The number of nitrogens with zero attached hydrogens (tertiary/aromatic N) is 1. The van der Waals surface area contributed by atoms with E-state index in [1.54, 1.807) is 0 Å². The first kappa shape index (κ1) is 16.4. The van der Waals surface area contributed by atoms with Gasteiger partial charge in [-0.1, -0.05) is 0 Å². The van der Waals surface area contributed by atoms with Gasteiger partial charge in [0.2, 0.25) is 0 Å². The van der Waals surface area contributed by atoms with Gasteiger partial charge in [0.15, 0.2) is 6.29 Å². The summed E-state index contributed by atoms with van der Waals surface area (Å²) in [4.78, 5) is 11.5. The number of hydrogen-bond acceptors (Lipinski definition) is 3. The van der Waals surface area contributed by atoms with Crippen LogP contribution >= 0.6 is 0 Å². The molecule has 0 saturated heterocycles. The zero-order chi connectivity index (χ0) is 15.3. The fraction of sp³-hybridized carbons (Fsp3) is 0.417. The third kappa shape index (κ3) is 4.16. The molecule has 0 aromatic heterocycles. The minimum Gasteiger partial charge on any atom is -0.395 e. The number of halogens is 5. The van der Waals surface area contributed by atoms with Crippen LogP contribution in [0.25, 0.3) is 0 Å². The minimum atomic E-state index is -4.76. The molecule has 0 amide bonds. The molecule has 0 atom stereocenters. The Bertz CT molecular complexity index is 462. The van der Waals surface area contributed by atoms with E-state index >= 15 is 0 Å². The molecule has 0 aliphatic rings. The smallest absolute Gasteiger partial charge is 0.395 e. The highest BCUT2D eigenvalue weighted by Crippen LogP contribution is 2.34. The van der Waals surface area contributed by atoms with Gasteiger partial charge in [-0.15, -0.1) is 0 Å². The molecule has 1 N–H and O–H groups in total. The number of carbonyl (C=O) groups is 1. The standard InChI is InChI=1S/C12H12F5NO2/c13-11(14)6-18(3-4-19)9-2-1-8(7-20)10(5-9)12(15,16)17/h1-2,5,7,11,19H,3-4,6H2. The Hall–Kier alpha value is -1.70. The van der Waals surface area contributed by atoms with Gasteiger partial charge in [-0.25, -0.2) is 8.78 Å². The van der Waals surface area contributed by atoms with E-state index in [9.17, 15) is 26.7 Å². The predicted molar refractivity (Wildman–Crippen MR) is 62.1 cm³/mol. The molecule has 112 valence electrons. The van der Waals surface area contributed by atoms with Gasteiger partial charge in [0.25, 0.3) is 6.43 Å². The van der Waals surface area contributed by atoms with Crippen LogP contribution < -0.4 is 4.90 Å². The van der Waals surface area contributed by atoms with Crippen molar-refractivity contribution < 1.29 is 31.9 Å². The maximum absolute atomic E-state index is 12.8. The number of aliphatic hydroxyl groups is 1. The van der Waals surface area contributed by atoms with Crippen molar-refractivity contribution >= 4 is 12.0 Å². The number of anilines is 1. The Morgan fingerprint density at radius 2 is 1.95 bits per heavy atom. The van der Waals surface area contributed by atoms with E-state index in [0.717, 1.165) is 17.0 Å². The van der Waals surface area contributed by atoms with Crippen molar-refractivity contribution in [3.63, 3.8) is 0 Å². The van der Waals surface area contributed by atoms with Crippen LogP contribution in [0.3, 0.4) is 0 Å². The Morgan fingerprint density at radius 1 is 1.30 bits per heavy atom. The lowest BCUT2D eigenvalue weighted by Gasteiger charge is -2.24. The summed E-state index contributed by atoms with van der Waals surface area (Å²) in [6.45, 7) is -1.52. The number of carbonyl (C=O) groups excluding carboxylic acids is 1. The van der Waals surface area contributed by atoms with Gasteiger partial charge >= 0.3 is 6.18 Å². The molecule has 0 saturated carbocycles. The topological polar surface area (TPSA) is 40.5 Å². The summed E-state index contributed by atoms with van der Waals surface area (Å²) in [5.74, 6) is 0. The van der Waals surface area contributed by atoms with Crippen LogP contribution in [0.15, 0.2) is 18.2 Å². The lowest BCUT2D eigenvalue weighted by atomic mass is 10.1. The second-order valence-electron chi connectivity index (χ2n) is 3.95. The molecule has 0 aliphatic carbocycles. The molecule has 8 heteroatoms. The summed E-state index contributed by atoms with van der Waals surface area (Å²) in [6, 6.07) is 2.68. The summed E-state index contributed by atoms with van der Waals surface area (Å²) in [7, 11) is 0. The number of benzene rings is 1. The second-order valence-corrected chi connectivity index (χ2v) is 3.95. The van der Waals surface area contributed by atoms with Crippen LogP contribution in [-0.4, -0.2) is 37.5 Å². The molecule has 0 radical (unpaired) electrons. The van der Waals surface area contributed by atoms with Gasteiger partial charge in [0, 0.05) is 17.8 Å². The van der Waals surface area contributed by atoms with E-state index in [1.165, 1.54) is 0 Å². The molecule has 1 rings (SSSR count). The summed E-state index contributed by atoms with van der Waals surface area (Å²) in [5, 5.41) is 8.78. The Kier molecular flexibility index (Phi) is 5.43. The summed E-state index contributed by atoms with van der Waals surface area (Å²) < 4.78 is 63.0. The SMILES string of the molecule is O=Cc1ccc(N(CCO)CC(F)F)cc1C(F)(F)F. The average Bonchev–Trinajstić information content (AvgIpc) is 2.36. The maximum Gasteiger partial charge on any atom is 0.417 e. The Morgan fingerprint density at radius 3 is 2.40 bits per heavy atom. The molecule has 0 spiro atoms. The zero-order valence-corrected chi connectivity index (χ0v) is 10.2. The Balaban J connectivity index is 3.20. The van der Waals surface area contributed by atoms with Crippen LogP contribution in [0.1, 0.15) is 15.9 Å². The van der Waals surface area contributed by atoms with Crippen molar-refractivity contribution in [3.8, 4) is 0 Å². The number of aldehydes is 1. The lowest BCUT2D eigenvalue weighted by molar-refractivity contribution is -0.137. The molecule has 0 heterocycles. The van der Waals surface area contributed by atoms with Gasteiger partial charge in [-0.05, 0) is 18.2 Å². The van der Waals surface area contributed by atoms with E-state index in [1.807, 2.05) is 0 Å². The molecule has 0 aliphatic heterocycles. The van der Waals surface area contributed by atoms with Crippen LogP contribution in [0.4, 0.5) is 27.6 Å². The van der Waals surface area contributed by atoms with Gasteiger partial charge < -0.3 is 10.0 Å². The van der Waals surface area contributed by atoms with Gasteiger partial charge in [0.05, 0.1) is 18.7 Å². The van der Waals surface area contributed by atoms with Crippen LogP contribution in [-0.2, 0) is 6.18 Å². The van der Waals surface area contributed by atoms with Crippen LogP contribution in [0.2, 0.25) is 0 Å². The highest BCUT2D eigenvalue weighted by Gasteiger charge is 2.34. The summed E-state index contributed by atoms with van der Waals surface area (Å²) in [6.07, 6.45) is -7.47. The van der Waals surface area contributed by atoms with Gasteiger partial charge in [-0.2, -0.15) is 13.2 Å². The number of alkyl halides is 5. The molecular formula is C12H12F5NO2. The lowest BCUT2D eigenvalue weighted by Crippen LogP contribution is -2.31. The first-order chi connectivity index (χ1) is 9.29. The fourth-order valence-corrected chi connectivity index (χ4v) is 1.70. The quantitative estimate of drug-likeness (QED) is 0.648. The summed E-state index contributed by atoms with van der Waals surface area (Å²) >= 11 is 0. The summed E-state index contributed by atoms with van der Waals surface area (Å²) in [5.41, 5.74) is -1.89. The highest BCUT2D eigenvalue weighted by molar-refractivity contribution is 5.79. The van der Waals surface area contributed by atoms with Crippen molar-refractivity contribution in [2.45, 2.75) is 12.6 Å². The largest absolute Gasteiger partial charge is 0.417 e. The molecule has 0 unspecified atom stereocenters. The molecule has 1 aromatic carbocycles. The third-order valence-corrected chi connectivity index (χ3v) is 2.56. The van der Waals surface area contributed by atoms with E-state index in [4.69, 9.17) is 5.11 Å². The number of aliphatic hydroxyl groups excluding tert-OH is 1. The predicted octanol–water partition coefficient (Wildman–Crippen LogP) is 2.58. The van der Waals surface area contributed by atoms with E-state index in [-0.39, 0.29) is 18.5 Å². The second kappa shape index (κ2) is 6.65. The average molecular weight is 297 g/mol. The normalized spacial score (nSPS) is 11.8. The van der Waals surface area contributed by atoms with Crippen molar-refractivity contribution in [3.05, 3.63) is 29.3 Å². The van der Waals surface area contributed by atoms with Crippen LogP contribution in [0, 0.1) is 0 Å². The van der Waals surface area contributed by atoms with Crippen molar-refractivity contribution in [2.24, 2.45) is 0 Å². The van der Waals surface area contributed by atoms with Crippen LogP contribution in [0.5, 0.6) is 0 Å². The maximum atomic E-state index is 12.8. The Labute approximate surface area is 111 Å². The van der Waals surface area contributed by atoms with Crippen molar-refractivity contribution in [1.29, 1.82) is 0 Å². The highest BCUT2D eigenvalue weighted by atomic mass is 19.4. The molecular weight excluding hydrogens is 285 g/mol. The molecule has 0 bridgehead atoms. The van der Waals surface area contributed by atoms with Crippen molar-refractivity contribution in [1.82, 2.24) is 0 Å². The third-order valence-electron chi connectivity index (χ3n) is 2.56. The van der Waals surface area contributed by atoms with E-state index in [2.05, 4.69) is 0 Å². The molecule has 20 heavy (non-hydrogen) atoms. The van der Waals surface area contributed by atoms with Gasteiger partial charge in [0.1, 0.15) is 0 Å². The van der Waals surface area contributed by atoms with Gasteiger partial charge in [-0.3, -0.25) is 4.79 Å². The van der Waals surface area contributed by atoms with E-state index in [0.29, 0.717) is 6.07 Å².